The van der Waals surface area contributed by atoms with Crippen molar-refractivity contribution in [3.63, 3.8) is 0 Å². The number of rotatable bonds is 4. The standard InChI is InChI=1S/C16H10ClF8N3O3/c1-28-10(9(15(20,21)22)11(27-28)14(18,19)16(23,24)25)12(29)26-6-3-4-8(17)7(5-6)13(30)31-2/h3-5H,1-2H3,(H,26,29). The lowest BCUT2D eigenvalue weighted by Gasteiger charge is -2.19. The van der Waals surface area contributed by atoms with Crippen LogP contribution in [-0.2, 0) is 23.9 Å². The van der Waals surface area contributed by atoms with Gasteiger partial charge in [-0.1, -0.05) is 11.6 Å². The molecule has 0 atom stereocenters. The van der Waals surface area contributed by atoms with E-state index in [0.29, 0.717) is 7.05 Å². The number of methoxy groups -OCH3 is 1. The summed E-state index contributed by atoms with van der Waals surface area (Å²) in [6.07, 6.45) is -12.2. The van der Waals surface area contributed by atoms with Crippen molar-refractivity contribution in [1.29, 1.82) is 0 Å². The predicted molar refractivity (Wildman–Crippen MR) is 88.9 cm³/mol. The van der Waals surface area contributed by atoms with Crippen molar-refractivity contribution >= 4 is 29.2 Å². The van der Waals surface area contributed by atoms with Gasteiger partial charge >= 0.3 is 24.2 Å². The van der Waals surface area contributed by atoms with E-state index >= 15 is 0 Å². The summed E-state index contributed by atoms with van der Waals surface area (Å²) in [5.41, 5.74) is -7.47. The van der Waals surface area contributed by atoms with E-state index in [1.165, 1.54) is 0 Å². The van der Waals surface area contributed by atoms with Gasteiger partial charge in [-0.05, 0) is 18.2 Å². The number of anilines is 1. The summed E-state index contributed by atoms with van der Waals surface area (Å²) >= 11 is 5.76. The molecule has 170 valence electrons. The Bertz CT molecular complexity index is 1030. The number of carbonyl (C=O) groups is 2. The van der Waals surface area contributed by atoms with Crippen LogP contribution in [0.2, 0.25) is 5.02 Å². The van der Waals surface area contributed by atoms with Gasteiger partial charge in [0, 0.05) is 12.7 Å². The number of halogens is 9. The molecule has 15 heteroatoms. The summed E-state index contributed by atoms with van der Waals surface area (Å²) in [4.78, 5) is 24.0. The first-order valence-electron chi connectivity index (χ1n) is 7.80. The summed E-state index contributed by atoms with van der Waals surface area (Å²) in [6.45, 7) is 0. The first-order valence-corrected chi connectivity index (χ1v) is 8.18. The quantitative estimate of drug-likeness (QED) is 0.506. The smallest absolute Gasteiger partial charge is 0.459 e. The molecule has 0 aliphatic carbocycles. The van der Waals surface area contributed by atoms with E-state index in [1.807, 2.05) is 5.32 Å². The number of nitrogens with one attached hydrogen (secondary N) is 1. The fourth-order valence-electron chi connectivity index (χ4n) is 2.47. The van der Waals surface area contributed by atoms with E-state index < -0.39 is 47.1 Å². The number of hydrogen-bond donors (Lipinski definition) is 1. The molecular formula is C16H10ClF8N3O3. The highest BCUT2D eigenvalue weighted by Gasteiger charge is 2.64. The molecule has 1 aromatic heterocycles. The van der Waals surface area contributed by atoms with Gasteiger partial charge in [-0.2, -0.15) is 40.2 Å². The average molecular weight is 480 g/mol. The Morgan fingerprint density at radius 1 is 1.10 bits per heavy atom. The topological polar surface area (TPSA) is 73.2 Å². The number of ether oxygens (including phenoxy) is 1. The Morgan fingerprint density at radius 2 is 1.68 bits per heavy atom. The highest BCUT2D eigenvalue weighted by atomic mass is 35.5. The second-order valence-corrected chi connectivity index (χ2v) is 6.31. The Balaban J connectivity index is 2.60. The molecule has 1 heterocycles. The Hall–Kier alpha value is -2.90. The van der Waals surface area contributed by atoms with E-state index in [-0.39, 0.29) is 21.0 Å². The molecule has 1 N–H and O–H groups in total. The minimum absolute atomic E-state index is 0.0513. The van der Waals surface area contributed by atoms with Gasteiger partial charge in [0.1, 0.15) is 11.3 Å². The van der Waals surface area contributed by atoms with Crippen molar-refractivity contribution in [3.8, 4) is 0 Å². The van der Waals surface area contributed by atoms with Crippen LogP contribution in [0.3, 0.4) is 0 Å². The second kappa shape index (κ2) is 7.98. The molecule has 1 aromatic carbocycles. The van der Waals surface area contributed by atoms with E-state index in [9.17, 15) is 44.7 Å². The molecule has 0 fully saturated rings. The Morgan fingerprint density at radius 3 is 2.16 bits per heavy atom. The zero-order chi connectivity index (χ0) is 23.9. The summed E-state index contributed by atoms with van der Waals surface area (Å²) in [7, 11) is 1.58. The van der Waals surface area contributed by atoms with Gasteiger partial charge in [0.05, 0.1) is 17.7 Å². The van der Waals surface area contributed by atoms with Gasteiger partial charge < -0.3 is 10.1 Å². The lowest BCUT2D eigenvalue weighted by Crippen LogP contribution is -2.36. The largest absolute Gasteiger partial charge is 0.465 e. The number of aromatic nitrogens is 2. The third kappa shape index (κ3) is 4.57. The maximum atomic E-state index is 13.7. The summed E-state index contributed by atoms with van der Waals surface area (Å²) in [5.74, 6) is -8.68. The van der Waals surface area contributed by atoms with E-state index in [0.717, 1.165) is 25.3 Å². The number of nitrogens with zero attached hydrogens (tertiary/aromatic N) is 2. The van der Waals surface area contributed by atoms with E-state index in [4.69, 9.17) is 11.6 Å². The van der Waals surface area contributed by atoms with Crippen LogP contribution in [0.15, 0.2) is 18.2 Å². The van der Waals surface area contributed by atoms with Crippen molar-refractivity contribution in [2.45, 2.75) is 18.3 Å². The van der Waals surface area contributed by atoms with Crippen LogP contribution in [0.1, 0.15) is 32.1 Å². The third-order valence-electron chi connectivity index (χ3n) is 3.83. The molecule has 0 aliphatic heterocycles. The number of benzene rings is 1. The molecule has 0 aliphatic rings. The fraction of sp³-hybridized carbons (Fsp3) is 0.312. The van der Waals surface area contributed by atoms with E-state index in [1.54, 1.807) is 0 Å². The molecule has 2 rings (SSSR count). The fourth-order valence-corrected chi connectivity index (χ4v) is 2.66. The SMILES string of the molecule is COC(=O)c1cc(NC(=O)c2c(C(F)(F)F)c(C(F)(F)C(F)(F)F)nn2C)ccc1Cl. The summed E-state index contributed by atoms with van der Waals surface area (Å²) in [5, 5.41) is 4.35. The van der Waals surface area contributed by atoms with Crippen LogP contribution in [0.5, 0.6) is 0 Å². The lowest BCUT2D eigenvalue weighted by atomic mass is 10.1. The highest BCUT2D eigenvalue weighted by molar-refractivity contribution is 6.33. The zero-order valence-electron chi connectivity index (χ0n) is 15.3. The van der Waals surface area contributed by atoms with E-state index in [2.05, 4.69) is 9.84 Å². The number of esters is 1. The molecule has 2 aromatic rings. The molecule has 0 unspecified atom stereocenters. The van der Waals surface area contributed by atoms with Crippen LogP contribution in [0.25, 0.3) is 0 Å². The Labute approximate surface area is 172 Å². The molecule has 6 nitrogen and oxygen atoms in total. The maximum absolute atomic E-state index is 13.7. The molecule has 0 radical (unpaired) electrons. The number of hydrogen-bond acceptors (Lipinski definition) is 4. The van der Waals surface area contributed by atoms with Gasteiger partial charge in [0.15, 0.2) is 5.69 Å². The summed E-state index contributed by atoms with van der Waals surface area (Å²) in [6, 6.07) is 3.02. The van der Waals surface area contributed by atoms with Crippen LogP contribution in [0.4, 0.5) is 40.8 Å². The molecule has 0 spiro atoms. The monoisotopic (exact) mass is 479 g/mol. The zero-order valence-corrected chi connectivity index (χ0v) is 16.0. The molecular weight excluding hydrogens is 470 g/mol. The normalized spacial score (nSPS) is 12.6. The highest BCUT2D eigenvalue weighted by Crippen LogP contribution is 2.48. The number of alkyl halides is 8. The molecule has 0 bridgehead atoms. The number of amides is 1. The van der Waals surface area contributed by atoms with Crippen LogP contribution in [-0.4, -0.2) is 34.9 Å². The van der Waals surface area contributed by atoms with Crippen molar-refractivity contribution in [2.75, 3.05) is 12.4 Å². The molecule has 0 saturated carbocycles. The van der Waals surface area contributed by atoms with Crippen LogP contribution < -0.4 is 5.32 Å². The summed E-state index contributed by atoms with van der Waals surface area (Å²) < 4.78 is 110. The average Bonchev–Trinajstić information content (AvgIpc) is 3.00. The number of aryl methyl sites for hydroxylation is 1. The van der Waals surface area contributed by atoms with Gasteiger partial charge in [0.2, 0.25) is 0 Å². The minimum atomic E-state index is -6.40. The first kappa shape index (κ1) is 24.4. The van der Waals surface area contributed by atoms with Gasteiger partial charge in [-0.25, -0.2) is 4.79 Å². The van der Waals surface area contributed by atoms with Crippen LogP contribution in [0, 0.1) is 0 Å². The maximum Gasteiger partial charge on any atom is 0.459 e. The third-order valence-corrected chi connectivity index (χ3v) is 4.16. The van der Waals surface area contributed by atoms with Crippen molar-refractivity contribution < 1.29 is 49.4 Å². The lowest BCUT2D eigenvalue weighted by molar-refractivity contribution is -0.292. The van der Waals surface area contributed by atoms with Gasteiger partial charge in [0.25, 0.3) is 5.91 Å². The molecule has 0 saturated heterocycles. The van der Waals surface area contributed by atoms with Gasteiger partial charge in [-0.3, -0.25) is 9.48 Å². The number of carbonyl (C=O) groups excluding carboxylic acids is 2. The van der Waals surface area contributed by atoms with Gasteiger partial charge in [-0.15, -0.1) is 0 Å². The van der Waals surface area contributed by atoms with Crippen molar-refractivity contribution in [1.82, 2.24) is 9.78 Å². The van der Waals surface area contributed by atoms with Crippen molar-refractivity contribution in [2.24, 2.45) is 7.05 Å². The van der Waals surface area contributed by atoms with Crippen molar-refractivity contribution in [3.05, 3.63) is 45.7 Å². The minimum Gasteiger partial charge on any atom is -0.465 e. The second-order valence-electron chi connectivity index (χ2n) is 5.91. The van der Waals surface area contributed by atoms with Crippen LogP contribution >= 0.6 is 11.6 Å². The Kier molecular flexibility index (Phi) is 6.27. The molecule has 1 amide bonds. The first-order chi connectivity index (χ1) is 14.0. The predicted octanol–water partition coefficient (Wildman–Crippen LogP) is 4.79. The molecule has 31 heavy (non-hydrogen) atoms.